The van der Waals surface area contributed by atoms with E-state index >= 15 is 0 Å². The Balaban J connectivity index is 1.66. The van der Waals surface area contributed by atoms with Gasteiger partial charge in [0, 0.05) is 18.8 Å². The summed E-state index contributed by atoms with van der Waals surface area (Å²) in [5, 5.41) is 3.41. The van der Waals surface area contributed by atoms with Crippen molar-refractivity contribution < 1.29 is 9.53 Å². The number of aryl methyl sites for hydroxylation is 1. The molecular weight excluding hydrogens is 302 g/mol. The van der Waals surface area contributed by atoms with Crippen molar-refractivity contribution in [2.24, 2.45) is 5.41 Å². The minimum absolute atomic E-state index is 0.165. The Hall–Kier alpha value is -1.78. The molecule has 2 heterocycles. The number of carbonyl (C=O) groups excluding carboxylic acids is 1. The molecule has 1 N–H and O–H groups in total. The van der Waals surface area contributed by atoms with Gasteiger partial charge in [-0.05, 0) is 70.9 Å². The van der Waals surface area contributed by atoms with Crippen LogP contribution in [-0.4, -0.2) is 40.7 Å². The van der Waals surface area contributed by atoms with E-state index in [0.717, 1.165) is 37.4 Å². The van der Waals surface area contributed by atoms with Crippen LogP contribution in [0.5, 0.6) is 0 Å². The summed E-state index contributed by atoms with van der Waals surface area (Å²) in [6, 6.07) is 6.12. The monoisotopic (exact) mass is 331 g/mol. The van der Waals surface area contributed by atoms with Crippen LogP contribution in [0.25, 0.3) is 0 Å². The zero-order chi connectivity index (χ0) is 17.4. The SMILES string of the molecule is Cc1cccc(NC[C@@H]2CC3(CCN2C(=O)OC(C)(C)C)CC3)n1. The number of pyridine rings is 1. The first kappa shape index (κ1) is 17.1. The van der Waals surface area contributed by atoms with E-state index in [0.29, 0.717) is 5.41 Å². The van der Waals surface area contributed by atoms with Crippen LogP contribution in [-0.2, 0) is 4.74 Å². The van der Waals surface area contributed by atoms with Crippen molar-refractivity contribution in [1.82, 2.24) is 9.88 Å². The third-order valence-electron chi connectivity index (χ3n) is 4.98. The average molecular weight is 331 g/mol. The molecule has 1 spiro atoms. The molecule has 1 aromatic rings. The lowest BCUT2D eigenvalue weighted by molar-refractivity contribution is 0.00462. The van der Waals surface area contributed by atoms with E-state index in [1.165, 1.54) is 12.8 Å². The molecule has 0 radical (unpaired) electrons. The highest BCUT2D eigenvalue weighted by molar-refractivity contribution is 5.69. The number of nitrogens with one attached hydrogen (secondary N) is 1. The molecule has 0 bridgehead atoms. The molecule has 3 rings (SSSR count). The average Bonchev–Trinajstić information content (AvgIpc) is 3.22. The van der Waals surface area contributed by atoms with Gasteiger partial charge in [0.05, 0.1) is 6.04 Å². The van der Waals surface area contributed by atoms with Crippen LogP contribution >= 0.6 is 0 Å². The number of anilines is 1. The molecular formula is C19H29N3O2. The fourth-order valence-corrected chi connectivity index (χ4v) is 3.49. The zero-order valence-electron chi connectivity index (χ0n) is 15.3. The molecule has 0 aromatic carbocycles. The Kier molecular flexibility index (Phi) is 4.45. The minimum atomic E-state index is -0.456. The first-order chi connectivity index (χ1) is 11.3. The summed E-state index contributed by atoms with van der Waals surface area (Å²) >= 11 is 0. The Bertz CT molecular complexity index is 605. The second kappa shape index (κ2) is 6.26. The first-order valence-electron chi connectivity index (χ1n) is 8.94. The smallest absolute Gasteiger partial charge is 0.410 e. The number of carbonyl (C=O) groups is 1. The van der Waals surface area contributed by atoms with E-state index in [2.05, 4.69) is 10.3 Å². The van der Waals surface area contributed by atoms with Crippen LogP contribution in [0.15, 0.2) is 18.2 Å². The Morgan fingerprint density at radius 2 is 2.12 bits per heavy atom. The Labute approximate surface area is 144 Å². The highest BCUT2D eigenvalue weighted by atomic mass is 16.6. The van der Waals surface area contributed by atoms with Crippen LogP contribution in [0.1, 0.15) is 52.1 Å². The summed E-state index contributed by atoms with van der Waals surface area (Å²) in [5.41, 5.74) is 1.01. The fraction of sp³-hybridized carbons (Fsp3) is 0.684. The van der Waals surface area contributed by atoms with Gasteiger partial charge in [-0.2, -0.15) is 0 Å². The summed E-state index contributed by atoms with van der Waals surface area (Å²) in [7, 11) is 0. The molecule has 132 valence electrons. The van der Waals surface area contributed by atoms with Gasteiger partial charge in [-0.3, -0.25) is 0 Å². The number of amides is 1. The van der Waals surface area contributed by atoms with Crippen molar-refractivity contribution in [3.63, 3.8) is 0 Å². The summed E-state index contributed by atoms with van der Waals surface area (Å²) in [6.45, 7) is 9.25. The fourth-order valence-electron chi connectivity index (χ4n) is 3.49. The van der Waals surface area contributed by atoms with Gasteiger partial charge in [0.25, 0.3) is 0 Å². The lowest BCUT2D eigenvalue weighted by atomic mass is 9.88. The lowest BCUT2D eigenvalue weighted by Crippen LogP contribution is -2.51. The van der Waals surface area contributed by atoms with E-state index in [4.69, 9.17) is 4.74 Å². The topological polar surface area (TPSA) is 54.5 Å². The number of likely N-dealkylation sites (tertiary alicyclic amines) is 1. The maximum absolute atomic E-state index is 12.6. The molecule has 1 atom stereocenters. The second-order valence-corrected chi connectivity index (χ2v) is 8.33. The van der Waals surface area contributed by atoms with E-state index < -0.39 is 5.60 Å². The van der Waals surface area contributed by atoms with Crippen molar-refractivity contribution >= 4 is 11.9 Å². The summed E-state index contributed by atoms with van der Waals surface area (Å²) < 4.78 is 5.61. The van der Waals surface area contributed by atoms with Gasteiger partial charge in [0.2, 0.25) is 0 Å². The van der Waals surface area contributed by atoms with Crippen molar-refractivity contribution in [2.75, 3.05) is 18.4 Å². The molecule has 24 heavy (non-hydrogen) atoms. The molecule has 1 aliphatic carbocycles. The van der Waals surface area contributed by atoms with Gasteiger partial charge in [0.1, 0.15) is 11.4 Å². The summed E-state index contributed by atoms with van der Waals surface area (Å²) in [5.74, 6) is 0.870. The molecule has 1 amide bonds. The Morgan fingerprint density at radius 3 is 2.75 bits per heavy atom. The van der Waals surface area contributed by atoms with Gasteiger partial charge >= 0.3 is 6.09 Å². The maximum Gasteiger partial charge on any atom is 0.410 e. The van der Waals surface area contributed by atoms with Crippen LogP contribution in [0.4, 0.5) is 10.6 Å². The van der Waals surface area contributed by atoms with Crippen molar-refractivity contribution in [3.05, 3.63) is 23.9 Å². The second-order valence-electron chi connectivity index (χ2n) is 8.33. The summed E-state index contributed by atoms with van der Waals surface area (Å²) in [4.78, 5) is 19.0. The summed E-state index contributed by atoms with van der Waals surface area (Å²) in [6.07, 6.45) is 4.57. The largest absolute Gasteiger partial charge is 0.444 e. The van der Waals surface area contributed by atoms with Crippen LogP contribution < -0.4 is 5.32 Å². The molecule has 2 fully saturated rings. The van der Waals surface area contributed by atoms with E-state index in [1.54, 1.807) is 0 Å². The maximum atomic E-state index is 12.6. The molecule has 5 heteroatoms. The van der Waals surface area contributed by atoms with Crippen molar-refractivity contribution in [3.8, 4) is 0 Å². The number of piperidine rings is 1. The molecule has 2 aliphatic rings. The minimum Gasteiger partial charge on any atom is -0.444 e. The quantitative estimate of drug-likeness (QED) is 0.910. The highest BCUT2D eigenvalue weighted by Crippen LogP contribution is 2.55. The van der Waals surface area contributed by atoms with Crippen molar-refractivity contribution in [2.45, 2.75) is 65.0 Å². The van der Waals surface area contributed by atoms with Crippen LogP contribution in [0, 0.1) is 12.3 Å². The normalized spacial score (nSPS) is 22.3. The van der Waals surface area contributed by atoms with Crippen molar-refractivity contribution in [1.29, 1.82) is 0 Å². The Morgan fingerprint density at radius 1 is 1.38 bits per heavy atom. The highest BCUT2D eigenvalue weighted by Gasteiger charge is 2.49. The van der Waals surface area contributed by atoms with E-state index in [9.17, 15) is 4.79 Å². The molecule has 5 nitrogen and oxygen atoms in total. The first-order valence-corrected chi connectivity index (χ1v) is 8.94. The van der Waals surface area contributed by atoms with Gasteiger partial charge in [-0.15, -0.1) is 0 Å². The van der Waals surface area contributed by atoms with Gasteiger partial charge in [-0.1, -0.05) is 6.07 Å². The zero-order valence-corrected chi connectivity index (χ0v) is 15.3. The van der Waals surface area contributed by atoms with Gasteiger partial charge in [0.15, 0.2) is 0 Å². The number of nitrogens with zero attached hydrogens (tertiary/aromatic N) is 2. The number of ether oxygens (including phenoxy) is 1. The van der Waals surface area contributed by atoms with Gasteiger partial charge in [-0.25, -0.2) is 9.78 Å². The number of hydrogen-bond acceptors (Lipinski definition) is 4. The number of hydrogen-bond donors (Lipinski definition) is 1. The van der Waals surface area contributed by atoms with Gasteiger partial charge < -0.3 is 15.0 Å². The number of aromatic nitrogens is 1. The van der Waals surface area contributed by atoms with Crippen LogP contribution in [0.2, 0.25) is 0 Å². The molecule has 1 saturated carbocycles. The predicted molar refractivity (Wildman–Crippen MR) is 95.1 cm³/mol. The lowest BCUT2D eigenvalue weighted by Gasteiger charge is -2.40. The third kappa shape index (κ3) is 4.19. The van der Waals surface area contributed by atoms with E-state index in [1.807, 2.05) is 50.8 Å². The van der Waals surface area contributed by atoms with E-state index in [-0.39, 0.29) is 12.1 Å². The standard InChI is InChI=1S/C19H29N3O2/c1-14-6-5-7-16(21-14)20-13-15-12-19(8-9-19)10-11-22(15)17(23)24-18(2,3)4/h5-7,15H,8-13H2,1-4H3,(H,20,21)/t15-/m0/s1. The molecule has 1 aliphatic heterocycles. The molecule has 0 unspecified atom stereocenters. The number of rotatable bonds is 3. The van der Waals surface area contributed by atoms with Crippen LogP contribution in [0.3, 0.4) is 0 Å². The third-order valence-corrected chi connectivity index (χ3v) is 4.98. The predicted octanol–water partition coefficient (Wildman–Crippen LogP) is 3.98. The molecule has 1 aromatic heterocycles. The molecule has 1 saturated heterocycles.